The van der Waals surface area contributed by atoms with Crippen LogP contribution in [-0.4, -0.2) is 63.0 Å². The van der Waals surface area contributed by atoms with Crippen LogP contribution in [0.3, 0.4) is 0 Å². The summed E-state index contributed by atoms with van der Waals surface area (Å²) in [7, 11) is 1.70. The van der Waals surface area contributed by atoms with Crippen molar-refractivity contribution in [2.24, 2.45) is 0 Å². The largest absolute Gasteiger partial charge is 0.383 e. The van der Waals surface area contributed by atoms with Crippen molar-refractivity contribution in [2.75, 3.05) is 37.5 Å². The predicted molar refractivity (Wildman–Crippen MR) is 75.0 cm³/mol. The Hall–Kier alpha value is -0.310. The summed E-state index contributed by atoms with van der Waals surface area (Å²) in [5.74, 6) is 4.60. The van der Waals surface area contributed by atoms with Gasteiger partial charge in [-0.05, 0) is 10.4 Å². The van der Waals surface area contributed by atoms with E-state index < -0.39 is 0 Å². The molecule has 2 heterocycles. The number of hydrogen-bond donors (Lipinski definition) is 1. The molecule has 8 heteroatoms. The molecule has 1 aromatic rings. The van der Waals surface area contributed by atoms with Crippen LogP contribution in [0.5, 0.6) is 0 Å². The third kappa shape index (κ3) is 4.42. The lowest BCUT2D eigenvalue weighted by atomic mass is 10.4. The number of rotatable bonds is 7. The van der Waals surface area contributed by atoms with Crippen molar-refractivity contribution in [1.82, 2.24) is 25.5 Å². The van der Waals surface area contributed by atoms with Crippen molar-refractivity contribution in [3.05, 3.63) is 5.82 Å². The maximum absolute atomic E-state index is 4.99. The van der Waals surface area contributed by atoms with E-state index in [1.807, 2.05) is 28.2 Å². The quantitative estimate of drug-likeness (QED) is 0.722. The Morgan fingerprint density at radius 1 is 1.50 bits per heavy atom. The maximum atomic E-state index is 4.99. The smallest absolute Gasteiger partial charge is 0.165 e. The van der Waals surface area contributed by atoms with Gasteiger partial charge in [-0.25, -0.2) is 4.68 Å². The molecule has 0 saturated carbocycles. The summed E-state index contributed by atoms with van der Waals surface area (Å²) in [6.07, 6.45) is 0. The molecular formula is C10H19N5OS2. The SMILES string of the molecule is COCCNCc1nnnn1CC1CSCCS1. The van der Waals surface area contributed by atoms with E-state index in [0.29, 0.717) is 18.4 Å². The van der Waals surface area contributed by atoms with Gasteiger partial charge in [0.1, 0.15) is 0 Å². The number of ether oxygens (including phenoxy) is 1. The molecule has 0 radical (unpaired) electrons. The molecule has 0 amide bonds. The molecule has 0 bridgehead atoms. The second-order valence-corrected chi connectivity index (χ2v) is 6.57. The standard InChI is InChI=1S/C10H19N5OS2/c1-16-3-2-11-6-10-12-13-14-15(10)7-9-8-17-4-5-18-9/h9,11H,2-8H2,1H3. The zero-order valence-corrected chi connectivity index (χ0v) is 12.2. The van der Waals surface area contributed by atoms with Gasteiger partial charge in [-0.15, -0.1) is 5.10 Å². The number of hydrogen-bond acceptors (Lipinski definition) is 7. The average molecular weight is 289 g/mol. The summed E-state index contributed by atoms with van der Waals surface area (Å²) >= 11 is 4.04. The fourth-order valence-electron chi connectivity index (χ4n) is 1.70. The minimum absolute atomic E-state index is 0.630. The van der Waals surface area contributed by atoms with Crippen molar-refractivity contribution in [1.29, 1.82) is 0 Å². The predicted octanol–water partition coefficient (Wildman–Crippen LogP) is 0.258. The van der Waals surface area contributed by atoms with Gasteiger partial charge >= 0.3 is 0 Å². The van der Waals surface area contributed by atoms with Gasteiger partial charge in [-0.3, -0.25) is 0 Å². The van der Waals surface area contributed by atoms with Crippen molar-refractivity contribution in [3.63, 3.8) is 0 Å². The average Bonchev–Trinajstić information content (AvgIpc) is 2.83. The molecule has 1 N–H and O–H groups in total. The van der Waals surface area contributed by atoms with E-state index in [9.17, 15) is 0 Å². The monoisotopic (exact) mass is 289 g/mol. The minimum Gasteiger partial charge on any atom is -0.383 e. The van der Waals surface area contributed by atoms with Crippen LogP contribution in [-0.2, 0) is 17.8 Å². The van der Waals surface area contributed by atoms with Crippen LogP contribution < -0.4 is 5.32 Å². The summed E-state index contributed by atoms with van der Waals surface area (Å²) in [5.41, 5.74) is 0. The lowest BCUT2D eigenvalue weighted by Crippen LogP contribution is -2.25. The van der Waals surface area contributed by atoms with Gasteiger partial charge in [0.25, 0.3) is 0 Å². The first-order chi connectivity index (χ1) is 8.90. The topological polar surface area (TPSA) is 64.9 Å². The van der Waals surface area contributed by atoms with E-state index in [1.165, 1.54) is 17.3 Å². The summed E-state index contributed by atoms with van der Waals surface area (Å²) in [4.78, 5) is 0. The third-order valence-corrected chi connectivity index (χ3v) is 5.46. The van der Waals surface area contributed by atoms with Gasteiger partial charge in [0.05, 0.1) is 19.7 Å². The van der Waals surface area contributed by atoms with Gasteiger partial charge in [-0.1, -0.05) is 0 Å². The normalized spacial score (nSPS) is 20.2. The third-order valence-electron chi connectivity index (χ3n) is 2.63. The van der Waals surface area contributed by atoms with Crippen LogP contribution in [0.25, 0.3) is 0 Å². The number of nitrogens with zero attached hydrogens (tertiary/aromatic N) is 4. The van der Waals surface area contributed by atoms with Crippen LogP contribution >= 0.6 is 23.5 Å². The molecule has 102 valence electrons. The summed E-state index contributed by atoms with van der Waals surface area (Å²) in [6.45, 7) is 3.13. The van der Waals surface area contributed by atoms with E-state index in [-0.39, 0.29) is 0 Å². The zero-order valence-electron chi connectivity index (χ0n) is 10.5. The van der Waals surface area contributed by atoms with E-state index in [4.69, 9.17) is 4.74 Å². The van der Waals surface area contributed by atoms with Crippen molar-refractivity contribution in [3.8, 4) is 0 Å². The van der Waals surface area contributed by atoms with E-state index in [2.05, 4.69) is 20.8 Å². The Balaban J connectivity index is 1.79. The van der Waals surface area contributed by atoms with Crippen molar-refractivity contribution >= 4 is 23.5 Å². The minimum atomic E-state index is 0.630. The number of tetrazole rings is 1. The van der Waals surface area contributed by atoms with Crippen molar-refractivity contribution in [2.45, 2.75) is 18.3 Å². The highest BCUT2D eigenvalue weighted by atomic mass is 32.2. The van der Waals surface area contributed by atoms with Crippen LogP contribution in [0.15, 0.2) is 0 Å². The van der Waals surface area contributed by atoms with Crippen molar-refractivity contribution < 1.29 is 4.74 Å². The Kier molecular flexibility index (Phi) is 6.25. The highest BCUT2D eigenvalue weighted by molar-refractivity contribution is 8.06. The summed E-state index contributed by atoms with van der Waals surface area (Å²) in [6, 6.07) is 0. The van der Waals surface area contributed by atoms with Crippen LogP contribution in [0.1, 0.15) is 5.82 Å². The van der Waals surface area contributed by atoms with Gasteiger partial charge < -0.3 is 10.1 Å². The molecule has 0 aliphatic carbocycles. The van der Waals surface area contributed by atoms with Crippen LogP contribution in [0.2, 0.25) is 0 Å². The number of thioether (sulfide) groups is 2. The molecule has 0 aromatic carbocycles. The van der Waals surface area contributed by atoms with E-state index in [1.54, 1.807) is 7.11 Å². The molecule has 1 fully saturated rings. The van der Waals surface area contributed by atoms with Gasteiger partial charge in [-0.2, -0.15) is 23.5 Å². The Bertz CT molecular complexity index is 343. The first-order valence-corrected chi connectivity index (χ1v) is 8.24. The molecule has 18 heavy (non-hydrogen) atoms. The van der Waals surface area contributed by atoms with Gasteiger partial charge in [0, 0.05) is 36.2 Å². The first-order valence-electron chi connectivity index (χ1n) is 6.04. The van der Waals surface area contributed by atoms with Crippen LogP contribution in [0.4, 0.5) is 0 Å². The molecule has 1 unspecified atom stereocenters. The highest BCUT2D eigenvalue weighted by Gasteiger charge is 2.17. The van der Waals surface area contributed by atoms with Gasteiger partial charge in [0.15, 0.2) is 5.82 Å². The maximum Gasteiger partial charge on any atom is 0.165 e. The highest BCUT2D eigenvalue weighted by Crippen LogP contribution is 2.25. The lowest BCUT2D eigenvalue weighted by Gasteiger charge is -2.20. The molecule has 1 saturated heterocycles. The number of nitrogens with one attached hydrogen (secondary N) is 1. The van der Waals surface area contributed by atoms with Crippen LogP contribution in [0, 0.1) is 0 Å². The lowest BCUT2D eigenvalue weighted by molar-refractivity contribution is 0.198. The first kappa shape index (κ1) is 14.1. The molecule has 6 nitrogen and oxygen atoms in total. The molecule has 1 aliphatic rings. The molecule has 1 aromatic heterocycles. The second-order valence-electron chi connectivity index (χ2n) is 4.01. The molecule has 0 spiro atoms. The fraction of sp³-hybridized carbons (Fsp3) is 0.900. The zero-order chi connectivity index (χ0) is 12.6. The molecular weight excluding hydrogens is 270 g/mol. The van der Waals surface area contributed by atoms with Gasteiger partial charge in [0.2, 0.25) is 0 Å². The summed E-state index contributed by atoms with van der Waals surface area (Å²) < 4.78 is 6.91. The molecule has 1 atom stereocenters. The number of aromatic nitrogens is 4. The fourth-order valence-corrected chi connectivity index (χ4v) is 4.35. The Morgan fingerprint density at radius 3 is 3.22 bits per heavy atom. The van der Waals surface area contributed by atoms with E-state index >= 15 is 0 Å². The second kappa shape index (κ2) is 7.98. The van der Waals surface area contributed by atoms with E-state index in [0.717, 1.165) is 18.9 Å². The summed E-state index contributed by atoms with van der Waals surface area (Å²) in [5, 5.41) is 15.8. The Morgan fingerprint density at radius 2 is 2.44 bits per heavy atom. The molecule has 2 rings (SSSR count). The number of methoxy groups -OCH3 is 1. The Labute approximate surface area is 116 Å². The molecule has 1 aliphatic heterocycles.